The van der Waals surface area contributed by atoms with Gasteiger partial charge in [-0.15, -0.1) is 0 Å². The fourth-order valence-corrected chi connectivity index (χ4v) is 3.91. The maximum Gasteiger partial charge on any atom is 0.313 e. The number of hydrogen-bond donors (Lipinski definition) is 2. The number of carbonyl (C=O) groups is 1. The fraction of sp³-hybridized carbons (Fsp3) is 0.688. The van der Waals surface area contributed by atoms with E-state index in [2.05, 4.69) is 20.2 Å². The standard InChI is InChI=1S/C16H24FN5O3/c1-18-13-12(17)6-19-15(20-13)22-8-11-7-21(4-3-5-25-2)9-16(11,10-22)14(23)24/h6,11H,3-5,7-10H2,1-2H3,(H,23,24)(H,18,19,20)/t11-,16-/m0/s1. The maximum absolute atomic E-state index is 13.6. The zero-order valence-corrected chi connectivity index (χ0v) is 14.5. The molecular weight excluding hydrogens is 329 g/mol. The zero-order chi connectivity index (χ0) is 18.0. The van der Waals surface area contributed by atoms with Gasteiger partial charge < -0.3 is 25.0 Å². The molecule has 0 unspecified atom stereocenters. The van der Waals surface area contributed by atoms with Crippen LogP contribution in [0, 0.1) is 17.2 Å². The number of methoxy groups -OCH3 is 1. The van der Waals surface area contributed by atoms with E-state index in [1.807, 2.05) is 4.90 Å². The van der Waals surface area contributed by atoms with Crippen LogP contribution in [0.15, 0.2) is 6.20 Å². The quantitative estimate of drug-likeness (QED) is 0.686. The average molecular weight is 353 g/mol. The maximum atomic E-state index is 13.6. The van der Waals surface area contributed by atoms with Gasteiger partial charge >= 0.3 is 5.97 Å². The van der Waals surface area contributed by atoms with Crippen molar-refractivity contribution < 1.29 is 19.0 Å². The molecule has 1 aromatic heterocycles. The monoisotopic (exact) mass is 353 g/mol. The molecule has 3 rings (SSSR count). The lowest BCUT2D eigenvalue weighted by Gasteiger charge is -2.25. The van der Waals surface area contributed by atoms with Gasteiger partial charge in [-0.05, 0) is 6.42 Å². The summed E-state index contributed by atoms with van der Waals surface area (Å²) >= 11 is 0. The molecule has 138 valence electrons. The number of carboxylic acid groups (broad SMARTS) is 1. The van der Waals surface area contributed by atoms with E-state index in [0.717, 1.165) is 25.7 Å². The Hall–Kier alpha value is -2.00. The Balaban J connectivity index is 1.74. The number of aliphatic carboxylic acids is 1. The van der Waals surface area contributed by atoms with Gasteiger partial charge in [0.05, 0.1) is 6.20 Å². The fourth-order valence-electron chi connectivity index (χ4n) is 3.91. The molecule has 2 atom stereocenters. The lowest BCUT2D eigenvalue weighted by atomic mass is 9.81. The highest BCUT2D eigenvalue weighted by Gasteiger charge is 2.57. The highest BCUT2D eigenvalue weighted by Crippen LogP contribution is 2.43. The smallest absolute Gasteiger partial charge is 0.313 e. The number of nitrogens with zero attached hydrogens (tertiary/aromatic N) is 4. The van der Waals surface area contributed by atoms with Crippen LogP contribution >= 0.6 is 0 Å². The summed E-state index contributed by atoms with van der Waals surface area (Å²) in [4.78, 5) is 24.3. The van der Waals surface area contributed by atoms with Gasteiger partial charge in [0.1, 0.15) is 5.41 Å². The van der Waals surface area contributed by atoms with Crippen molar-refractivity contribution in [2.45, 2.75) is 6.42 Å². The van der Waals surface area contributed by atoms with Crippen LogP contribution in [0.2, 0.25) is 0 Å². The lowest BCUT2D eigenvalue weighted by Crippen LogP contribution is -2.41. The Morgan fingerprint density at radius 3 is 2.96 bits per heavy atom. The number of ether oxygens (including phenoxy) is 1. The summed E-state index contributed by atoms with van der Waals surface area (Å²) in [7, 11) is 3.25. The van der Waals surface area contributed by atoms with Gasteiger partial charge in [-0.1, -0.05) is 0 Å². The Kier molecular flexibility index (Phi) is 5.05. The van der Waals surface area contributed by atoms with Gasteiger partial charge in [0.2, 0.25) is 5.95 Å². The predicted molar refractivity (Wildman–Crippen MR) is 90.2 cm³/mol. The Morgan fingerprint density at radius 1 is 1.52 bits per heavy atom. The Labute approximate surface area is 146 Å². The highest BCUT2D eigenvalue weighted by molar-refractivity contribution is 5.78. The molecule has 0 aliphatic carbocycles. The van der Waals surface area contributed by atoms with Crippen LogP contribution in [0.25, 0.3) is 0 Å². The molecule has 3 heterocycles. The second kappa shape index (κ2) is 7.09. The zero-order valence-electron chi connectivity index (χ0n) is 14.5. The minimum atomic E-state index is -0.829. The first-order valence-corrected chi connectivity index (χ1v) is 8.40. The molecular formula is C16H24FN5O3. The van der Waals surface area contributed by atoms with E-state index >= 15 is 0 Å². The third-order valence-corrected chi connectivity index (χ3v) is 5.18. The molecule has 8 nitrogen and oxygen atoms in total. The van der Waals surface area contributed by atoms with Crippen molar-refractivity contribution in [3.63, 3.8) is 0 Å². The van der Waals surface area contributed by atoms with Crippen molar-refractivity contribution in [1.29, 1.82) is 0 Å². The SMILES string of the molecule is CNc1nc(N2C[C@@H]3CN(CCCOC)C[C@]3(C(=O)O)C2)ncc1F. The van der Waals surface area contributed by atoms with Crippen molar-refractivity contribution in [2.24, 2.45) is 11.3 Å². The second-order valence-corrected chi connectivity index (χ2v) is 6.74. The van der Waals surface area contributed by atoms with Crippen LogP contribution in [0.3, 0.4) is 0 Å². The first-order chi connectivity index (χ1) is 12.0. The van der Waals surface area contributed by atoms with Crippen LogP contribution < -0.4 is 10.2 Å². The summed E-state index contributed by atoms with van der Waals surface area (Å²) in [5, 5.41) is 12.6. The largest absolute Gasteiger partial charge is 0.481 e. The van der Waals surface area contributed by atoms with E-state index < -0.39 is 17.2 Å². The van der Waals surface area contributed by atoms with Crippen molar-refractivity contribution in [2.75, 3.05) is 63.7 Å². The van der Waals surface area contributed by atoms with Gasteiger partial charge in [0.15, 0.2) is 11.6 Å². The number of carboxylic acids is 1. The number of fused-ring (bicyclic) bond motifs is 1. The Morgan fingerprint density at radius 2 is 2.32 bits per heavy atom. The van der Waals surface area contributed by atoms with E-state index in [9.17, 15) is 14.3 Å². The van der Waals surface area contributed by atoms with E-state index in [0.29, 0.717) is 32.2 Å². The van der Waals surface area contributed by atoms with Gasteiger partial charge in [-0.25, -0.2) is 9.37 Å². The number of aromatic nitrogens is 2. The molecule has 0 radical (unpaired) electrons. The summed E-state index contributed by atoms with van der Waals surface area (Å²) in [5.41, 5.74) is -0.829. The molecule has 2 aliphatic rings. The lowest BCUT2D eigenvalue weighted by molar-refractivity contribution is -0.148. The molecule has 0 amide bonds. The number of likely N-dealkylation sites (tertiary alicyclic amines) is 1. The summed E-state index contributed by atoms with van der Waals surface area (Å²) in [6.45, 7) is 3.63. The van der Waals surface area contributed by atoms with Gasteiger partial charge in [-0.2, -0.15) is 4.98 Å². The number of hydrogen-bond acceptors (Lipinski definition) is 7. The average Bonchev–Trinajstić information content (AvgIpc) is 3.10. The van der Waals surface area contributed by atoms with Crippen LogP contribution in [0.4, 0.5) is 16.2 Å². The molecule has 2 aliphatic heterocycles. The number of rotatable bonds is 7. The first-order valence-electron chi connectivity index (χ1n) is 8.40. The molecule has 1 aromatic rings. The van der Waals surface area contributed by atoms with Gasteiger partial charge in [-0.3, -0.25) is 4.79 Å². The normalized spacial score (nSPS) is 26.0. The molecule has 2 N–H and O–H groups in total. The van der Waals surface area contributed by atoms with Crippen LogP contribution in [-0.2, 0) is 9.53 Å². The van der Waals surface area contributed by atoms with Gasteiger partial charge in [0, 0.05) is 59.4 Å². The molecule has 2 fully saturated rings. The topological polar surface area (TPSA) is 90.8 Å². The Bertz CT molecular complexity index is 646. The van der Waals surface area contributed by atoms with Gasteiger partial charge in [0.25, 0.3) is 0 Å². The van der Waals surface area contributed by atoms with Crippen molar-refractivity contribution in [3.05, 3.63) is 12.0 Å². The predicted octanol–water partition coefficient (Wildman–Crippen LogP) is 0.517. The molecule has 0 saturated carbocycles. The molecule has 25 heavy (non-hydrogen) atoms. The van der Waals surface area contributed by atoms with E-state index in [1.165, 1.54) is 0 Å². The molecule has 0 bridgehead atoms. The highest BCUT2D eigenvalue weighted by atomic mass is 19.1. The van der Waals surface area contributed by atoms with E-state index in [-0.39, 0.29) is 11.7 Å². The summed E-state index contributed by atoms with van der Waals surface area (Å²) in [6, 6.07) is 0. The van der Waals surface area contributed by atoms with Crippen molar-refractivity contribution in [1.82, 2.24) is 14.9 Å². The summed E-state index contributed by atoms with van der Waals surface area (Å²) < 4.78 is 18.6. The van der Waals surface area contributed by atoms with Crippen LogP contribution in [-0.4, -0.2) is 79.4 Å². The first kappa shape index (κ1) is 17.8. The van der Waals surface area contributed by atoms with Crippen molar-refractivity contribution in [3.8, 4) is 0 Å². The third kappa shape index (κ3) is 3.25. The molecule has 9 heteroatoms. The van der Waals surface area contributed by atoms with Crippen molar-refractivity contribution >= 4 is 17.7 Å². The second-order valence-electron chi connectivity index (χ2n) is 6.74. The number of anilines is 2. The minimum absolute atomic E-state index is 0.000710. The summed E-state index contributed by atoms with van der Waals surface area (Å²) in [6.07, 6.45) is 2.00. The van der Waals surface area contributed by atoms with Crippen LogP contribution in [0.5, 0.6) is 0 Å². The summed E-state index contributed by atoms with van der Waals surface area (Å²) in [5.74, 6) is -0.827. The minimum Gasteiger partial charge on any atom is -0.481 e. The van der Waals surface area contributed by atoms with E-state index in [1.54, 1.807) is 14.2 Å². The molecule has 0 aromatic carbocycles. The molecule has 2 saturated heterocycles. The number of nitrogens with one attached hydrogen (secondary N) is 1. The molecule has 0 spiro atoms. The third-order valence-electron chi connectivity index (χ3n) is 5.18. The number of halogens is 1. The van der Waals surface area contributed by atoms with E-state index in [4.69, 9.17) is 4.74 Å². The van der Waals surface area contributed by atoms with Crippen LogP contribution in [0.1, 0.15) is 6.42 Å².